The number of anilines is 1. The Kier molecular flexibility index (Phi) is 10.8. The van der Waals surface area contributed by atoms with Gasteiger partial charge in [-0.2, -0.15) is 0 Å². The molecular formula is C27H39N3O4S. The first-order valence-corrected chi connectivity index (χ1v) is 14.1. The van der Waals surface area contributed by atoms with Gasteiger partial charge in [0, 0.05) is 25.6 Å². The van der Waals surface area contributed by atoms with Crippen LogP contribution in [0.5, 0.6) is 0 Å². The van der Waals surface area contributed by atoms with Crippen LogP contribution in [0.25, 0.3) is 0 Å². The van der Waals surface area contributed by atoms with Crippen molar-refractivity contribution in [3.05, 3.63) is 65.7 Å². The van der Waals surface area contributed by atoms with Crippen molar-refractivity contribution in [3.63, 3.8) is 0 Å². The van der Waals surface area contributed by atoms with E-state index in [1.807, 2.05) is 76.2 Å². The Morgan fingerprint density at radius 3 is 2.26 bits per heavy atom. The van der Waals surface area contributed by atoms with Crippen molar-refractivity contribution in [1.82, 2.24) is 10.2 Å². The number of amides is 2. The van der Waals surface area contributed by atoms with E-state index in [0.717, 1.165) is 11.1 Å². The van der Waals surface area contributed by atoms with Crippen molar-refractivity contribution >= 4 is 27.5 Å². The molecule has 0 unspecified atom stereocenters. The molecule has 0 aromatic heterocycles. The highest BCUT2D eigenvalue weighted by Gasteiger charge is 2.28. The Bertz CT molecular complexity index is 1070. The Labute approximate surface area is 210 Å². The summed E-state index contributed by atoms with van der Waals surface area (Å²) in [5.74, 6) is -0.314. The third-order valence-corrected chi connectivity index (χ3v) is 6.94. The lowest BCUT2D eigenvalue weighted by molar-refractivity contribution is -0.141. The van der Waals surface area contributed by atoms with Crippen LogP contribution in [0, 0.1) is 6.92 Å². The molecule has 0 saturated heterocycles. The van der Waals surface area contributed by atoms with E-state index < -0.39 is 16.1 Å². The number of rotatable bonds is 13. The van der Waals surface area contributed by atoms with Gasteiger partial charge in [0.1, 0.15) is 6.04 Å². The topological polar surface area (TPSA) is 86.8 Å². The molecule has 0 heterocycles. The largest absolute Gasteiger partial charge is 0.352 e. The van der Waals surface area contributed by atoms with Gasteiger partial charge in [-0.1, -0.05) is 49.4 Å². The average molecular weight is 502 g/mol. The Morgan fingerprint density at radius 1 is 1.00 bits per heavy atom. The molecule has 0 aliphatic heterocycles. The fourth-order valence-corrected chi connectivity index (χ4v) is 5.02. The molecular weight excluding hydrogens is 462 g/mol. The van der Waals surface area contributed by atoms with Crippen molar-refractivity contribution in [2.45, 2.75) is 65.5 Å². The molecule has 2 amide bonds. The van der Waals surface area contributed by atoms with Gasteiger partial charge in [0.05, 0.1) is 11.9 Å². The molecule has 192 valence electrons. The van der Waals surface area contributed by atoms with Crippen molar-refractivity contribution in [3.8, 4) is 0 Å². The number of carbonyl (C=O) groups excluding carboxylic acids is 2. The molecule has 1 atom stereocenters. The lowest BCUT2D eigenvalue weighted by Crippen LogP contribution is -2.51. The van der Waals surface area contributed by atoms with E-state index in [2.05, 4.69) is 5.32 Å². The fraction of sp³-hybridized carbons (Fsp3) is 0.481. The highest BCUT2D eigenvalue weighted by atomic mass is 32.2. The summed E-state index contributed by atoms with van der Waals surface area (Å²) in [5.41, 5.74) is 2.64. The predicted molar refractivity (Wildman–Crippen MR) is 142 cm³/mol. The Balaban J connectivity index is 2.15. The zero-order chi connectivity index (χ0) is 26.0. The zero-order valence-corrected chi connectivity index (χ0v) is 22.3. The third-order valence-electron chi connectivity index (χ3n) is 5.74. The molecule has 0 aliphatic carbocycles. The van der Waals surface area contributed by atoms with Gasteiger partial charge in [-0.05, 0) is 63.3 Å². The van der Waals surface area contributed by atoms with E-state index in [0.29, 0.717) is 31.5 Å². The second kappa shape index (κ2) is 13.3. The molecule has 1 N–H and O–H groups in total. The maximum atomic E-state index is 13.4. The first-order valence-electron chi connectivity index (χ1n) is 12.2. The van der Waals surface area contributed by atoms with Crippen LogP contribution in [0.2, 0.25) is 0 Å². The van der Waals surface area contributed by atoms with Crippen molar-refractivity contribution in [1.29, 1.82) is 0 Å². The van der Waals surface area contributed by atoms with Gasteiger partial charge in [-0.15, -0.1) is 0 Å². The highest BCUT2D eigenvalue weighted by molar-refractivity contribution is 7.92. The van der Waals surface area contributed by atoms with Gasteiger partial charge in [0.15, 0.2) is 0 Å². The third kappa shape index (κ3) is 9.02. The van der Waals surface area contributed by atoms with Gasteiger partial charge >= 0.3 is 0 Å². The maximum Gasteiger partial charge on any atom is 0.242 e. The number of sulfonamides is 1. The van der Waals surface area contributed by atoms with E-state index in [-0.39, 0.29) is 30.8 Å². The fourth-order valence-electron chi connectivity index (χ4n) is 4.06. The van der Waals surface area contributed by atoms with Crippen molar-refractivity contribution in [2.75, 3.05) is 23.7 Å². The summed E-state index contributed by atoms with van der Waals surface area (Å²) in [6.07, 6.45) is 2.81. The summed E-state index contributed by atoms with van der Waals surface area (Å²) in [5, 5.41) is 2.93. The minimum Gasteiger partial charge on any atom is -0.352 e. The summed E-state index contributed by atoms with van der Waals surface area (Å²) in [4.78, 5) is 27.9. The van der Waals surface area contributed by atoms with E-state index in [9.17, 15) is 18.0 Å². The normalized spacial score (nSPS) is 12.3. The maximum absolute atomic E-state index is 13.4. The van der Waals surface area contributed by atoms with Crippen LogP contribution in [-0.4, -0.2) is 56.6 Å². The first kappa shape index (κ1) is 28.4. The molecule has 0 aliphatic rings. The lowest BCUT2D eigenvalue weighted by Gasteiger charge is -2.31. The molecule has 0 spiro atoms. The van der Waals surface area contributed by atoms with Gasteiger partial charge in [0.2, 0.25) is 21.8 Å². The quantitative estimate of drug-likeness (QED) is 0.451. The highest BCUT2D eigenvalue weighted by Crippen LogP contribution is 2.20. The Hall–Kier alpha value is -2.87. The number of hydrogen-bond acceptors (Lipinski definition) is 4. The number of hydrogen-bond donors (Lipinski definition) is 1. The molecule has 0 saturated carbocycles. The van der Waals surface area contributed by atoms with Crippen LogP contribution in [0.4, 0.5) is 5.69 Å². The monoisotopic (exact) mass is 501 g/mol. The molecule has 0 radical (unpaired) electrons. The van der Waals surface area contributed by atoms with E-state index in [1.165, 1.54) is 10.6 Å². The number of aryl methyl sites for hydroxylation is 1. The molecule has 2 aromatic carbocycles. The second-order valence-corrected chi connectivity index (χ2v) is 11.1. The second-order valence-electron chi connectivity index (χ2n) is 9.19. The van der Waals surface area contributed by atoms with Crippen molar-refractivity contribution in [2.24, 2.45) is 0 Å². The summed E-state index contributed by atoms with van der Waals surface area (Å²) in [6, 6.07) is 16.6. The number of nitrogens with one attached hydrogen (secondary N) is 1. The average Bonchev–Trinajstić information content (AvgIpc) is 2.78. The molecule has 35 heavy (non-hydrogen) atoms. The van der Waals surface area contributed by atoms with Crippen LogP contribution < -0.4 is 9.62 Å². The standard InChI is InChI=1S/C27H39N3O4S/c1-6-25(27(32)28-21(2)3)29(19-17-23-13-8-7-9-14-23)26(31)16-11-18-30(35(5,33)34)24-15-10-12-22(4)20-24/h7-10,12-15,20-21,25H,6,11,16-19H2,1-5H3,(H,28,32)/t25-/m1/s1. The Morgan fingerprint density at radius 2 is 1.69 bits per heavy atom. The van der Waals surface area contributed by atoms with E-state index >= 15 is 0 Å². The van der Waals surface area contributed by atoms with Gasteiger partial charge in [0.25, 0.3) is 0 Å². The first-order chi connectivity index (χ1) is 16.5. The lowest BCUT2D eigenvalue weighted by atomic mass is 10.1. The number of benzene rings is 2. The van der Waals surface area contributed by atoms with E-state index in [1.54, 1.807) is 11.0 Å². The zero-order valence-electron chi connectivity index (χ0n) is 21.5. The summed E-state index contributed by atoms with van der Waals surface area (Å²) < 4.78 is 26.2. The minimum absolute atomic E-state index is 0.0275. The van der Waals surface area contributed by atoms with Gasteiger partial charge < -0.3 is 10.2 Å². The van der Waals surface area contributed by atoms with Crippen LogP contribution in [0.1, 0.15) is 51.2 Å². The van der Waals surface area contributed by atoms with Crippen molar-refractivity contribution < 1.29 is 18.0 Å². The number of nitrogens with zero attached hydrogens (tertiary/aromatic N) is 2. The number of carbonyl (C=O) groups is 2. The summed E-state index contributed by atoms with van der Waals surface area (Å²) in [6.45, 7) is 8.20. The minimum atomic E-state index is -3.50. The summed E-state index contributed by atoms with van der Waals surface area (Å²) >= 11 is 0. The van der Waals surface area contributed by atoms with Crippen LogP contribution in [0.3, 0.4) is 0 Å². The molecule has 2 aromatic rings. The molecule has 8 heteroatoms. The molecule has 7 nitrogen and oxygen atoms in total. The van der Waals surface area contributed by atoms with Crippen LogP contribution in [-0.2, 0) is 26.0 Å². The molecule has 0 bridgehead atoms. The van der Waals surface area contributed by atoms with Crippen LogP contribution in [0.15, 0.2) is 54.6 Å². The van der Waals surface area contributed by atoms with Gasteiger partial charge in [-0.3, -0.25) is 13.9 Å². The SMILES string of the molecule is CC[C@H](C(=O)NC(C)C)N(CCc1ccccc1)C(=O)CCCN(c1cccc(C)c1)S(C)(=O)=O. The predicted octanol–water partition coefficient (Wildman–Crippen LogP) is 3.92. The molecule has 2 rings (SSSR count). The smallest absolute Gasteiger partial charge is 0.242 e. The molecule has 0 fully saturated rings. The van der Waals surface area contributed by atoms with Crippen LogP contribution >= 0.6 is 0 Å². The van der Waals surface area contributed by atoms with Gasteiger partial charge in [-0.25, -0.2) is 8.42 Å². The van der Waals surface area contributed by atoms with E-state index in [4.69, 9.17) is 0 Å². The summed E-state index contributed by atoms with van der Waals surface area (Å²) in [7, 11) is -3.50.